The Kier molecular flexibility index (Phi) is 6.45. The van der Waals surface area contributed by atoms with E-state index in [9.17, 15) is 0 Å². The first-order valence-corrected chi connectivity index (χ1v) is 4.57. The number of hydrogen-bond donors (Lipinski definition) is 0. The van der Waals surface area contributed by atoms with E-state index in [1.165, 1.54) is 11.1 Å². The zero-order chi connectivity index (χ0) is 9.40. The fourth-order valence-corrected chi connectivity index (χ4v) is 0.997. The standard InChI is InChI=1S/C12H20/c1-5-6-9-12(4)10-7-8-11(2)3/h5,10H,1-2,6-9H2,3-4H3/b12-10+. The van der Waals surface area contributed by atoms with Gasteiger partial charge in [0.15, 0.2) is 0 Å². The summed E-state index contributed by atoms with van der Waals surface area (Å²) in [5.74, 6) is 0. The maximum atomic E-state index is 3.87. The van der Waals surface area contributed by atoms with Crippen molar-refractivity contribution in [1.82, 2.24) is 0 Å². The minimum Gasteiger partial charge on any atom is -0.103 e. The van der Waals surface area contributed by atoms with Gasteiger partial charge in [-0.3, -0.25) is 0 Å². The molecule has 0 heteroatoms. The molecule has 0 saturated heterocycles. The molecule has 0 aromatic carbocycles. The molecule has 0 aliphatic carbocycles. The summed E-state index contributed by atoms with van der Waals surface area (Å²) in [5, 5.41) is 0. The van der Waals surface area contributed by atoms with Crippen LogP contribution >= 0.6 is 0 Å². The van der Waals surface area contributed by atoms with E-state index in [0.29, 0.717) is 0 Å². The van der Waals surface area contributed by atoms with Crippen LogP contribution < -0.4 is 0 Å². The van der Waals surface area contributed by atoms with E-state index >= 15 is 0 Å². The van der Waals surface area contributed by atoms with Crippen LogP contribution in [-0.2, 0) is 0 Å². The molecule has 68 valence electrons. The molecule has 12 heavy (non-hydrogen) atoms. The van der Waals surface area contributed by atoms with Crippen LogP contribution in [0.4, 0.5) is 0 Å². The van der Waals surface area contributed by atoms with Crippen LogP contribution in [-0.4, -0.2) is 0 Å². The van der Waals surface area contributed by atoms with Gasteiger partial charge in [0.1, 0.15) is 0 Å². The van der Waals surface area contributed by atoms with Crippen molar-refractivity contribution in [2.24, 2.45) is 0 Å². The molecule has 0 amide bonds. The van der Waals surface area contributed by atoms with Gasteiger partial charge in [0, 0.05) is 0 Å². The monoisotopic (exact) mass is 164 g/mol. The highest BCUT2D eigenvalue weighted by molar-refractivity contribution is 5.01. The zero-order valence-electron chi connectivity index (χ0n) is 8.40. The van der Waals surface area contributed by atoms with E-state index in [4.69, 9.17) is 0 Å². The van der Waals surface area contributed by atoms with Crippen LogP contribution in [0.2, 0.25) is 0 Å². The Morgan fingerprint density at radius 1 is 1.17 bits per heavy atom. The first kappa shape index (κ1) is 11.2. The second-order valence-corrected chi connectivity index (χ2v) is 3.37. The van der Waals surface area contributed by atoms with Gasteiger partial charge in [-0.1, -0.05) is 23.3 Å². The second kappa shape index (κ2) is 6.90. The van der Waals surface area contributed by atoms with Gasteiger partial charge in [-0.25, -0.2) is 0 Å². The zero-order valence-corrected chi connectivity index (χ0v) is 8.40. The molecule has 0 aromatic heterocycles. The molecule has 0 bridgehead atoms. The van der Waals surface area contributed by atoms with Gasteiger partial charge in [-0.05, 0) is 39.5 Å². The molecule has 0 aliphatic rings. The Labute approximate surface area is 76.7 Å². The van der Waals surface area contributed by atoms with Crippen LogP contribution in [0.5, 0.6) is 0 Å². The molecular formula is C12H20. The highest BCUT2D eigenvalue weighted by atomic mass is 13.9. The molecule has 0 unspecified atom stereocenters. The van der Waals surface area contributed by atoms with E-state index in [1.54, 1.807) is 0 Å². The average molecular weight is 164 g/mol. The Morgan fingerprint density at radius 2 is 1.83 bits per heavy atom. The van der Waals surface area contributed by atoms with Gasteiger partial charge in [0.05, 0.1) is 0 Å². The van der Waals surface area contributed by atoms with Gasteiger partial charge >= 0.3 is 0 Å². The van der Waals surface area contributed by atoms with E-state index < -0.39 is 0 Å². The van der Waals surface area contributed by atoms with Crippen LogP contribution in [0, 0.1) is 0 Å². The highest BCUT2D eigenvalue weighted by Crippen LogP contribution is 2.08. The molecule has 0 aliphatic heterocycles. The van der Waals surface area contributed by atoms with Crippen molar-refractivity contribution >= 4 is 0 Å². The molecule has 0 atom stereocenters. The summed E-state index contributed by atoms with van der Waals surface area (Å²) >= 11 is 0. The topological polar surface area (TPSA) is 0 Å². The Bertz CT molecular complexity index is 172. The first-order valence-electron chi connectivity index (χ1n) is 4.57. The van der Waals surface area contributed by atoms with Crippen LogP contribution in [0.1, 0.15) is 39.5 Å². The maximum absolute atomic E-state index is 3.87. The molecule has 0 nitrogen and oxygen atoms in total. The third-order valence-electron chi connectivity index (χ3n) is 1.81. The summed E-state index contributed by atoms with van der Waals surface area (Å²) in [4.78, 5) is 0. The van der Waals surface area contributed by atoms with Crippen LogP contribution in [0.15, 0.2) is 36.5 Å². The minimum atomic E-state index is 1.09. The number of rotatable bonds is 6. The molecule has 0 radical (unpaired) electrons. The third-order valence-corrected chi connectivity index (χ3v) is 1.81. The van der Waals surface area contributed by atoms with Crippen LogP contribution in [0.3, 0.4) is 0 Å². The molecule has 0 spiro atoms. The Balaban J connectivity index is 3.53. The van der Waals surface area contributed by atoms with Crippen molar-refractivity contribution in [2.45, 2.75) is 39.5 Å². The summed E-state index contributed by atoms with van der Waals surface area (Å²) in [6, 6.07) is 0. The molecule has 0 heterocycles. The Morgan fingerprint density at radius 3 is 2.33 bits per heavy atom. The van der Waals surface area contributed by atoms with Gasteiger partial charge < -0.3 is 0 Å². The van der Waals surface area contributed by atoms with Gasteiger partial charge in [0.25, 0.3) is 0 Å². The third kappa shape index (κ3) is 7.33. The lowest BCUT2D eigenvalue weighted by Gasteiger charge is -1.98. The van der Waals surface area contributed by atoms with E-state index in [0.717, 1.165) is 25.7 Å². The summed E-state index contributed by atoms with van der Waals surface area (Å²) in [6.07, 6.45) is 8.77. The molecule has 0 N–H and O–H groups in total. The number of hydrogen-bond acceptors (Lipinski definition) is 0. The molecule has 0 aromatic rings. The summed E-state index contributed by atoms with van der Waals surface area (Å²) in [7, 11) is 0. The lowest BCUT2D eigenvalue weighted by molar-refractivity contribution is 0.925. The van der Waals surface area contributed by atoms with Crippen LogP contribution in [0.25, 0.3) is 0 Å². The molecule has 0 saturated carbocycles. The van der Waals surface area contributed by atoms with Gasteiger partial charge in [0.2, 0.25) is 0 Å². The fourth-order valence-electron chi connectivity index (χ4n) is 0.997. The predicted molar refractivity (Wildman–Crippen MR) is 57.2 cm³/mol. The van der Waals surface area contributed by atoms with Gasteiger partial charge in [-0.15, -0.1) is 13.2 Å². The van der Waals surface area contributed by atoms with Crippen molar-refractivity contribution in [2.75, 3.05) is 0 Å². The quantitative estimate of drug-likeness (QED) is 0.515. The summed E-state index contributed by atoms with van der Waals surface area (Å²) in [5.41, 5.74) is 2.74. The second-order valence-electron chi connectivity index (χ2n) is 3.37. The maximum Gasteiger partial charge on any atom is -0.0288 e. The highest BCUT2D eigenvalue weighted by Gasteiger charge is 1.88. The lowest BCUT2D eigenvalue weighted by atomic mass is 10.1. The molecular weight excluding hydrogens is 144 g/mol. The van der Waals surface area contributed by atoms with Crippen molar-refractivity contribution in [3.63, 3.8) is 0 Å². The first-order chi connectivity index (χ1) is 5.66. The minimum absolute atomic E-state index is 1.09. The largest absolute Gasteiger partial charge is 0.103 e. The van der Waals surface area contributed by atoms with Gasteiger partial charge in [-0.2, -0.15) is 0 Å². The van der Waals surface area contributed by atoms with E-state index in [1.807, 2.05) is 6.08 Å². The van der Waals surface area contributed by atoms with E-state index in [-0.39, 0.29) is 0 Å². The van der Waals surface area contributed by atoms with Crippen molar-refractivity contribution in [3.05, 3.63) is 36.5 Å². The SMILES string of the molecule is C=CCC/C(C)=C/CCC(=C)C. The molecule has 0 fully saturated rings. The number of allylic oxidation sites excluding steroid dienone is 4. The normalized spacial score (nSPS) is 11.3. The fraction of sp³-hybridized carbons (Fsp3) is 0.500. The average Bonchev–Trinajstić information content (AvgIpc) is 2.00. The summed E-state index contributed by atoms with van der Waals surface area (Å²) < 4.78 is 0. The Hall–Kier alpha value is -0.780. The summed E-state index contributed by atoms with van der Waals surface area (Å²) in [6.45, 7) is 11.8. The van der Waals surface area contributed by atoms with Crippen molar-refractivity contribution in [3.8, 4) is 0 Å². The lowest BCUT2D eigenvalue weighted by Crippen LogP contribution is -1.78. The predicted octanol–water partition coefficient (Wildman–Crippen LogP) is 4.26. The smallest absolute Gasteiger partial charge is 0.0288 e. The van der Waals surface area contributed by atoms with E-state index in [2.05, 4.69) is 33.1 Å². The molecule has 0 rings (SSSR count). The van der Waals surface area contributed by atoms with Crippen molar-refractivity contribution < 1.29 is 0 Å². The van der Waals surface area contributed by atoms with Crippen molar-refractivity contribution in [1.29, 1.82) is 0 Å².